The molecule has 0 saturated carbocycles. The van der Waals surface area contributed by atoms with Gasteiger partial charge in [-0.1, -0.05) is 18.6 Å². The topological polar surface area (TPSA) is 63.7 Å². The van der Waals surface area contributed by atoms with Crippen molar-refractivity contribution < 1.29 is 14.3 Å². The van der Waals surface area contributed by atoms with Crippen molar-refractivity contribution in [1.29, 1.82) is 0 Å². The first kappa shape index (κ1) is 19.3. The normalized spacial score (nSPS) is 14.7. The highest BCUT2D eigenvalue weighted by atomic mass is 16.5. The Balaban J connectivity index is 1.64. The Morgan fingerprint density at radius 3 is 2.81 bits per heavy atom. The molecule has 3 rings (SSSR count). The maximum Gasteiger partial charge on any atom is 0.261 e. The number of anilines is 1. The number of likely N-dealkylation sites (tertiary alicyclic amines) is 1. The number of rotatable bonds is 8. The predicted octanol–water partition coefficient (Wildman–Crippen LogP) is 3.35. The molecule has 0 radical (unpaired) electrons. The van der Waals surface area contributed by atoms with Gasteiger partial charge < -0.3 is 14.8 Å². The number of benzene rings is 1. The summed E-state index contributed by atoms with van der Waals surface area (Å²) < 4.78 is 10.5. The van der Waals surface area contributed by atoms with Gasteiger partial charge in [0.05, 0.1) is 6.61 Å². The van der Waals surface area contributed by atoms with Gasteiger partial charge in [-0.3, -0.25) is 9.69 Å². The first-order valence-corrected chi connectivity index (χ1v) is 9.45. The lowest BCUT2D eigenvalue weighted by Crippen LogP contribution is -2.29. The number of nitrogens with zero attached hydrogens (tertiary/aromatic N) is 2. The van der Waals surface area contributed by atoms with Crippen LogP contribution in [0.1, 0.15) is 35.2 Å². The van der Waals surface area contributed by atoms with E-state index in [4.69, 9.17) is 9.47 Å². The fourth-order valence-corrected chi connectivity index (χ4v) is 3.22. The van der Waals surface area contributed by atoms with Crippen LogP contribution in [0.15, 0.2) is 42.6 Å². The van der Waals surface area contributed by atoms with Gasteiger partial charge in [-0.2, -0.15) is 0 Å². The second-order valence-corrected chi connectivity index (χ2v) is 6.69. The molecule has 1 amide bonds. The van der Waals surface area contributed by atoms with Crippen LogP contribution in [0.5, 0.6) is 5.88 Å². The molecule has 1 N–H and O–H groups in total. The Bertz CT molecular complexity index is 745. The molecular formula is C21H27N3O3. The number of ether oxygens (including phenoxy) is 2. The molecule has 2 aromatic rings. The largest absolute Gasteiger partial charge is 0.475 e. The zero-order chi connectivity index (χ0) is 18.9. The molecule has 1 saturated heterocycles. The van der Waals surface area contributed by atoms with Crippen molar-refractivity contribution in [3.8, 4) is 5.88 Å². The van der Waals surface area contributed by atoms with E-state index in [-0.39, 0.29) is 5.91 Å². The lowest BCUT2D eigenvalue weighted by molar-refractivity contribution is 0.101. The molecule has 0 atom stereocenters. The average molecular weight is 369 g/mol. The van der Waals surface area contributed by atoms with Crippen LogP contribution in [-0.4, -0.2) is 49.2 Å². The van der Waals surface area contributed by atoms with Crippen molar-refractivity contribution in [2.24, 2.45) is 0 Å². The SMILES string of the molecule is COCCOc1ncccc1C(=O)Nc1cccc(CN2CCCCC2)c1. The number of piperidine rings is 1. The van der Waals surface area contributed by atoms with E-state index in [1.807, 2.05) is 18.2 Å². The van der Waals surface area contributed by atoms with Crippen LogP contribution in [0, 0.1) is 0 Å². The van der Waals surface area contributed by atoms with E-state index in [1.54, 1.807) is 25.4 Å². The number of carbonyl (C=O) groups excluding carboxylic acids is 1. The second kappa shape index (κ2) is 10.0. The highest BCUT2D eigenvalue weighted by Crippen LogP contribution is 2.19. The van der Waals surface area contributed by atoms with Crippen LogP contribution in [0.25, 0.3) is 0 Å². The third-order valence-corrected chi connectivity index (χ3v) is 4.58. The molecule has 1 fully saturated rings. The van der Waals surface area contributed by atoms with Crippen LogP contribution < -0.4 is 10.1 Å². The summed E-state index contributed by atoms with van der Waals surface area (Å²) in [7, 11) is 1.60. The molecule has 1 aromatic heterocycles. The number of methoxy groups -OCH3 is 1. The number of carbonyl (C=O) groups is 1. The first-order valence-electron chi connectivity index (χ1n) is 9.45. The summed E-state index contributed by atoms with van der Waals surface area (Å²) in [5.41, 5.74) is 2.40. The second-order valence-electron chi connectivity index (χ2n) is 6.69. The minimum Gasteiger partial charge on any atom is -0.475 e. The molecule has 1 aliphatic heterocycles. The molecule has 1 aromatic carbocycles. The van der Waals surface area contributed by atoms with Gasteiger partial charge in [0.25, 0.3) is 5.91 Å². The molecule has 1 aliphatic rings. The number of pyridine rings is 1. The predicted molar refractivity (Wildman–Crippen MR) is 105 cm³/mol. The Kier molecular flexibility index (Phi) is 7.19. The Labute approximate surface area is 160 Å². The number of nitrogens with one attached hydrogen (secondary N) is 1. The van der Waals surface area contributed by atoms with Gasteiger partial charge in [-0.15, -0.1) is 0 Å². The van der Waals surface area contributed by atoms with Gasteiger partial charge in [0, 0.05) is 25.5 Å². The summed E-state index contributed by atoms with van der Waals surface area (Å²) in [4.78, 5) is 19.3. The van der Waals surface area contributed by atoms with Gasteiger partial charge in [0.2, 0.25) is 5.88 Å². The summed E-state index contributed by atoms with van der Waals surface area (Å²) in [6, 6.07) is 11.5. The summed E-state index contributed by atoms with van der Waals surface area (Å²) in [5.74, 6) is 0.0853. The molecule has 6 nitrogen and oxygen atoms in total. The Hall–Kier alpha value is -2.44. The fraction of sp³-hybridized carbons (Fsp3) is 0.429. The maximum absolute atomic E-state index is 12.7. The summed E-state index contributed by atoms with van der Waals surface area (Å²) >= 11 is 0. The van der Waals surface area contributed by atoms with E-state index in [2.05, 4.69) is 21.3 Å². The molecule has 27 heavy (non-hydrogen) atoms. The van der Waals surface area contributed by atoms with Crippen molar-refractivity contribution in [1.82, 2.24) is 9.88 Å². The van der Waals surface area contributed by atoms with Crippen LogP contribution in [0.3, 0.4) is 0 Å². The number of hydrogen-bond donors (Lipinski definition) is 1. The molecule has 144 valence electrons. The van der Waals surface area contributed by atoms with Crippen LogP contribution in [0.2, 0.25) is 0 Å². The smallest absolute Gasteiger partial charge is 0.261 e. The maximum atomic E-state index is 12.7. The van der Waals surface area contributed by atoms with Gasteiger partial charge in [-0.05, 0) is 55.8 Å². The van der Waals surface area contributed by atoms with E-state index in [0.717, 1.165) is 25.3 Å². The van der Waals surface area contributed by atoms with Crippen molar-refractivity contribution in [2.75, 3.05) is 38.7 Å². The minimum absolute atomic E-state index is 0.231. The molecule has 0 bridgehead atoms. The number of aromatic nitrogens is 1. The fourth-order valence-electron chi connectivity index (χ4n) is 3.22. The standard InChI is InChI=1S/C21H27N3O3/c1-26-13-14-27-21-19(9-6-10-22-21)20(25)23-18-8-5-7-17(15-18)16-24-11-3-2-4-12-24/h5-10,15H,2-4,11-14,16H2,1H3,(H,23,25). The zero-order valence-electron chi connectivity index (χ0n) is 15.8. The average Bonchev–Trinajstić information content (AvgIpc) is 2.69. The van der Waals surface area contributed by atoms with Crippen molar-refractivity contribution in [3.63, 3.8) is 0 Å². The van der Waals surface area contributed by atoms with Crippen LogP contribution in [-0.2, 0) is 11.3 Å². The van der Waals surface area contributed by atoms with Gasteiger partial charge in [0.15, 0.2) is 0 Å². The van der Waals surface area contributed by atoms with Crippen LogP contribution >= 0.6 is 0 Å². The lowest BCUT2D eigenvalue weighted by Gasteiger charge is -2.26. The molecule has 0 spiro atoms. The van der Waals surface area contributed by atoms with Crippen molar-refractivity contribution >= 4 is 11.6 Å². The molecular weight excluding hydrogens is 342 g/mol. The van der Waals surface area contributed by atoms with E-state index in [0.29, 0.717) is 24.7 Å². The monoisotopic (exact) mass is 369 g/mol. The quantitative estimate of drug-likeness (QED) is 0.723. The van der Waals surface area contributed by atoms with Crippen molar-refractivity contribution in [2.45, 2.75) is 25.8 Å². The van der Waals surface area contributed by atoms with Crippen LogP contribution in [0.4, 0.5) is 5.69 Å². The minimum atomic E-state index is -0.231. The summed E-state index contributed by atoms with van der Waals surface area (Å²) in [6.07, 6.45) is 5.47. The molecule has 0 aliphatic carbocycles. The molecule has 0 unspecified atom stereocenters. The Morgan fingerprint density at radius 1 is 1.15 bits per heavy atom. The summed E-state index contributed by atoms with van der Waals surface area (Å²) in [6.45, 7) is 4.00. The zero-order valence-corrected chi connectivity index (χ0v) is 15.8. The first-order chi connectivity index (χ1) is 13.3. The summed E-state index contributed by atoms with van der Waals surface area (Å²) in [5, 5.41) is 2.96. The van der Waals surface area contributed by atoms with E-state index >= 15 is 0 Å². The third kappa shape index (κ3) is 5.77. The Morgan fingerprint density at radius 2 is 2.00 bits per heavy atom. The molecule has 6 heteroatoms. The van der Waals surface area contributed by atoms with Crippen molar-refractivity contribution in [3.05, 3.63) is 53.7 Å². The lowest BCUT2D eigenvalue weighted by atomic mass is 10.1. The van der Waals surface area contributed by atoms with Gasteiger partial charge in [0.1, 0.15) is 12.2 Å². The number of amides is 1. The van der Waals surface area contributed by atoms with E-state index in [9.17, 15) is 4.79 Å². The third-order valence-electron chi connectivity index (χ3n) is 4.58. The van der Waals surface area contributed by atoms with E-state index < -0.39 is 0 Å². The van der Waals surface area contributed by atoms with E-state index in [1.165, 1.54) is 24.8 Å². The highest BCUT2D eigenvalue weighted by molar-refractivity contribution is 6.05. The number of hydrogen-bond acceptors (Lipinski definition) is 5. The van der Waals surface area contributed by atoms with Gasteiger partial charge in [-0.25, -0.2) is 4.98 Å². The van der Waals surface area contributed by atoms with Gasteiger partial charge >= 0.3 is 0 Å². The molecule has 2 heterocycles. The highest BCUT2D eigenvalue weighted by Gasteiger charge is 2.15.